The molecule has 2 aliphatic rings. The van der Waals surface area contributed by atoms with Crippen LogP contribution in [0.4, 0.5) is 10.5 Å². The highest BCUT2D eigenvalue weighted by atomic mass is 16.2. The van der Waals surface area contributed by atoms with Crippen LogP contribution >= 0.6 is 0 Å². The maximum atomic E-state index is 12.3. The third-order valence-corrected chi connectivity index (χ3v) is 5.33. The Morgan fingerprint density at radius 1 is 1.00 bits per heavy atom. The van der Waals surface area contributed by atoms with E-state index in [2.05, 4.69) is 15.5 Å². The molecule has 2 aliphatic heterocycles. The van der Waals surface area contributed by atoms with E-state index in [4.69, 9.17) is 0 Å². The van der Waals surface area contributed by atoms with Crippen LogP contribution in [0.1, 0.15) is 32.1 Å². The fourth-order valence-electron chi connectivity index (χ4n) is 3.73. The number of piperidine rings is 1. The Kier molecular flexibility index (Phi) is 6.89. The van der Waals surface area contributed by atoms with Crippen LogP contribution < -0.4 is 10.6 Å². The van der Waals surface area contributed by atoms with Gasteiger partial charge in [0.2, 0.25) is 5.91 Å². The Morgan fingerprint density at radius 2 is 1.69 bits per heavy atom. The van der Waals surface area contributed by atoms with Crippen LogP contribution in [0.2, 0.25) is 0 Å². The molecule has 0 bridgehead atoms. The fourth-order valence-corrected chi connectivity index (χ4v) is 3.73. The van der Waals surface area contributed by atoms with Crippen molar-refractivity contribution in [3.05, 3.63) is 30.3 Å². The summed E-state index contributed by atoms with van der Waals surface area (Å²) in [6.45, 7) is 5.51. The van der Waals surface area contributed by atoms with Crippen molar-refractivity contribution in [3.8, 4) is 0 Å². The van der Waals surface area contributed by atoms with Crippen molar-refractivity contribution >= 4 is 17.6 Å². The zero-order chi connectivity index (χ0) is 18.2. The van der Waals surface area contributed by atoms with Crippen LogP contribution in [0, 0.1) is 5.92 Å². The SMILES string of the molecule is O=C(NCCCN1CCCC1)C1CCN(C(=O)Nc2ccccc2)CC1. The molecule has 0 radical (unpaired) electrons. The molecule has 0 unspecified atom stereocenters. The molecule has 1 aromatic carbocycles. The van der Waals surface area contributed by atoms with Crippen LogP contribution in [0.15, 0.2) is 30.3 Å². The zero-order valence-electron chi connectivity index (χ0n) is 15.5. The zero-order valence-corrected chi connectivity index (χ0v) is 15.5. The third-order valence-electron chi connectivity index (χ3n) is 5.33. The van der Waals surface area contributed by atoms with Crippen molar-refractivity contribution in [1.29, 1.82) is 0 Å². The van der Waals surface area contributed by atoms with Crippen molar-refractivity contribution in [2.75, 3.05) is 44.6 Å². The van der Waals surface area contributed by atoms with Gasteiger partial charge in [-0.2, -0.15) is 0 Å². The lowest BCUT2D eigenvalue weighted by molar-refractivity contribution is -0.126. The van der Waals surface area contributed by atoms with Gasteiger partial charge in [-0.25, -0.2) is 4.79 Å². The monoisotopic (exact) mass is 358 g/mol. The molecule has 0 atom stereocenters. The van der Waals surface area contributed by atoms with E-state index in [1.54, 1.807) is 4.90 Å². The number of carbonyl (C=O) groups is 2. The number of likely N-dealkylation sites (tertiary alicyclic amines) is 2. The van der Waals surface area contributed by atoms with Gasteiger partial charge in [0.25, 0.3) is 0 Å². The van der Waals surface area contributed by atoms with E-state index >= 15 is 0 Å². The summed E-state index contributed by atoms with van der Waals surface area (Å²) in [6.07, 6.45) is 5.11. The van der Waals surface area contributed by atoms with E-state index in [-0.39, 0.29) is 17.9 Å². The molecule has 6 heteroatoms. The number of carbonyl (C=O) groups excluding carboxylic acids is 2. The molecule has 6 nitrogen and oxygen atoms in total. The smallest absolute Gasteiger partial charge is 0.321 e. The lowest BCUT2D eigenvalue weighted by Gasteiger charge is -2.31. The molecule has 2 saturated heterocycles. The molecular formula is C20H30N4O2. The standard InChI is InChI=1S/C20H30N4O2/c25-19(21-11-6-14-23-12-4-5-13-23)17-9-15-24(16-10-17)20(26)22-18-7-2-1-3-8-18/h1-3,7-8,17H,4-6,9-16H2,(H,21,25)(H,22,26). The lowest BCUT2D eigenvalue weighted by atomic mass is 9.96. The first-order valence-corrected chi connectivity index (χ1v) is 9.83. The second-order valence-corrected chi connectivity index (χ2v) is 7.25. The molecule has 3 amide bonds. The number of urea groups is 1. The number of nitrogens with one attached hydrogen (secondary N) is 2. The van der Waals surface area contributed by atoms with E-state index in [1.807, 2.05) is 30.3 Å². The molecular weight excluding hydrogens is 328 g/mol. The number of benzene rings is 1. The first-order chi connectivity index (χ1) is 12.7. The normalized spacial score (nSPS) is 18.7. The number of para-hydroxylation sites is 1. The van der Waals surface area contributed by atoms with Crippen LogP contribution in [0.5, 0.6) is 0 Å². The topological polar surface area (TPSA) is 64.7 Å². The maximum Gasteiger partial charge on any atom is 0.321 e. The molecule has 1 aromatic rings. The number of hydrogen-bond acceptors (Lipinski definition) is 3. The number of amides is 3. The summed E-state index contributed by atoms with van der Waals surface area (Å²) in [6, 6.07) is 9.39. The highest BCUT2D eigenvalue weighted by Crippen LogP contribution is 2.18. The van der Waals surface area contributed by atoms with E-state index in [9.17, 15) is 9.59 Å². The molecule has 2 heterocycles. The van der Waals surface area contributed by atoms with Gasteiger partial charge in [0, 0.05) is 31.2 Å². The van der Waals surface area contributed by atoms with Gasteiger partial charge in [-0.15, -0.1) is 0 Å². The van der Waals surface area contributed by atoms with Crippen molar-refractivity contribution in [3.63, 3.8) is 0 Å². The molecule has 0 spiro atoms. The van der Waals surface area contributed by atoms with E-state index < -0.39 is 0 Å². The Balaban J connectivity index is 1.32. The molecule has 0 aliphatic carbocycles. The number of hydrogen-bond donors (Lipinski definition) is 2. The quantitative estimate of drug-likeness (QED) is 0.768. The van der Waals surface area contributed by atoms with Crippen LogP contribution in [-0.4, -0.2) is 61.0 Å². The van der Waals surface area contributed by atoms with E-state index in [1.165, 1.54) is 25.9 Å². The average molecular weight is 358 g/mol. The molecule has 142 valence electrons. The minimum absolute atomic E-state index is 0.0301. The lowest BCUT2D eigenvalue weighted by Crippen LogP contribution is -2.44. The van der Waals surface area contributed by atoms with Gasteiger partial charge in [0.05, 0.1) is 0 Å². The Labute approximate surface area is 155 Å². The summed E-state index contributed by atoms with van der Waals surface area (Å²) in [5.74, 6) is 0.178. The summed E-state index contributed by atoms with van der Waals surface area (Å²) in [5.41, 5.74) is 0.801. The van der Waals surface area contributed by atoms with E-state index in [0.29, 0.717) is 13.1 Å². The summed E-state index contributed by atoms with van der Waals surface area (Å²) < 4.78 is 0. The summed E-state index contributed by atoms with van der Waals surface area (Å²) >= 11 is 0. The minimum atomic E-state index is -0.0827. The van der Waals surface area contributed by atoms with Crippen LogP contribution in [0.3, 0.4) is 0 Å². The predicted octanol–water partition coefficient (Wildman–Crippen LogP) is 2.53. The van der Waals surface area contributed by atoms with Gasteiger partial charge in [0.1, 0.15) is 0 Å². The Morgan fingerprint density at radius 3 is 2.38 bits per heavy atom. The van der Waals surface area contributed by atoms with Crippen LogP contribution in [0.25, 0.3) is 0 Å². The molecule has 2 N–H and O–H groups in total. The summed E-state index contributed by atoms with van der Waals surface area (Å²) in [4.78, 5) is 28.9. The minimum Gasteiger partial charge on any atom is -0.356 e. The van der Waals surface area contributed by atoms with Gasteiger partial charge >= 0.3 is 6.03 Å². The largest absolute Gasteiger partial charge is 0.356 e. The predicted molar refractivity (Wildman–Crippen MR) is 103 cm³/mol. The Hall–Kier alpha value is -2.08. The van der Waals surface area contributed by atoms with Crippen molar-refractivity contribution in [2.24, 2.45) is 5.92 Å². The molecule has 3 rings (SSSR count). The Bertz CT molecular complexity index is 579. The highest BCUT2D eigenvalue weighted by molar-refractivity contribution is 5.89. The van der Waals surface area contributed by atoms with Gasteiger partial charge < -0.3 is 20.4 Å². The summed E-state index contributed by atoms with van der Waals surface area (Å²) in [5, 5.41) is 5.98. The molecule has 0 aromatic heterocycles. The van der Waals surface area contributed by atoms with E-state index in [0.717, 1.165) is 38.0 Å². The van der Waals surface area contributed by atoms with Gasteiger partial charge in [-0.05, 0) is 63.9 Å². The molecule has 26 heavy (non-hydrogen) atoms. The number of nitrogens with zero attached hydrogens (tertiary/aromatic N) is 2. The third kappa shape index (κ3) is 5.46. The first kappa shape index (κ1) is 18.7. The molecule has 0 saturated carbocycles. The second-order valence-electron chi connectivity index (χ2n) is 7.25. The van der Waals surface area contributed by atoms with Gasteiger partial charge in [-0.3, -0.25) is 4.79 Å². The second kappa shape index (κ2) is 9.57. The van der Waals surface area contributed by atoms with Crippen molar-refractivity contribution in [2.45, 2.75) is 32.1 Å². The average Bonchev–Trinajstić information content (AvgIpc) is 3.19. The van der Waals surface area contributed by atoms with Crippen molar-refractivity contribution < 1.29 is 9.59 Å². The first-order valence-electron chi connectivity index (χ1n) is 9.83. The maximum absolute atomic E-state index is 12.3. The van der Waals surface area contributed by atoms with Crippen LogP contribution in [-0.2, 0) is 4.79 Å². The highest BCUT2D eigenvalue weighted by Gasteiger charge is 2.27. The van der Waals surface area contributed by atoms with Gasteiger partial charge in [-0.1, -0.05) is 18.2 Å². The molecule has 2 fully saturated rings. The number of anilines is 1. The van der Waals surface area contributed by atoms with Crippen molar-refractivity contribution in [1.82, 2.24) is 15.1 Å². The summed E-state index contributed by atoms with van der Waals surface area (Å²) in [7, 11) is 0. The number of rotatable bonds is 6. The van der Waals surface area contributed by atoms with Gasteiger partial charge in [0.15, 0.2) is 0 Å². The fraction of sp³-hybridized carbons (Fsp3) is 0.600.